The van der Waals surface area contributed by atoms with Crippen LogP contribution in [0.15, 0.2) is 46.9 Å². The molecule has 2 aromatic carbocycles. The van der Waals surface area contributed by atoms with E-state index < -0.39 is 12.1 Å². The van der Waals surface area contributed by atoms with Crippen LogP contribution >= 0.6 is 27.3 Å². The summed E-state index contributed by atoms with van der Waals surface area (Å²) in [4.78, 5) is 29.1. The van der Waals surface area contributed by atoms with Gasteiger partial charge in [0.1, 0.15) is 11.2 Å². The molecule has 0 unspecified atom stereocenters. The maximum absolute atomic E-state index is 13.0. The van der Waals surface area contributed by atoms with Crippen molar-refractivity contribution in [2.45, 2.75) is 26.1 Å². The van der Waals surface area contributed by atoms with Crippen LogP contribution in [0.25, 0.3) is 0 Å². The number of esters is 1. The topological polar surface area (TPSA) is 79.9 Å². The fourth-order valence-corrected chi connectivity index (χ4v) is 5.83. The van der Waals surface area contributed by atoms with E-state index in [9.17, 15) is 9.59 Å². The molecule has 1 atom stereocenters. The molecule has 1 amide bonds. The first-order valence-electron chi connectivity index (χ1n) is 11.1. The lowest BCUT2D eigenvalue weighted by atomic mass is 10.0. The number of thiophene rings is 1. The van der Waals surface area contributed by atoms with Crippen LogP contribution in [0.4, 0.5) is 5.00 Å². The van der Waals surface area contributed by atoms with Crippen LogP contribution in [0.3, 0.4) is 0 Å². The molecule has 0 saturated heterocycles. The van der Waals surface area contributed by atoms with Crippen molar-refractivity contribution in [1.29, 1.82) is 0 Å². The molecular weight excluding hydrogens is 518 g/mol. The molecular formula is C25H24BrN3O4S. The molecule has 0 saturated carbocycles. The summed E-state index contributed by atoms with van der Waals surface area (Å²) in [5, 5.41) is 7.45. The average molecular weight is 542 g/mol. The van der Waals surface area contributed by atoms with E-state index in [0.29, 0.717) is 23.7 Å². The molecule has 2 aliphatic rings. The van der Waals surface area contributed by atoms with E-state index in [1.807, 2.05) is 13.0 Å². The summed E-state index contributed by atoms with van der Waals surface area (Å²) in [6.07, 6.45) is 0.470. The van der Waals surface area contributed by atoms with Gasteiger partial charge in [0.25, 0.3) is 5.91 Å². The lowest BCUT2D eigenvalue weighted by Crippen LogP contribution is -2.38. The van der Waals surface area contributed by atoms with Crippen LogP contribution in [0.1, 0.15) is 49.8 Å². The summed E-state index contributed by atoms with van der Waals surface area (Å²) in [7, 11) is 2.10. The Balaban J connectivity index is 1.39. The second kappa shape index (κ2) is 9.40. The minimum Gasteiger partial charge on any atom is -0.490 e. The number of ether oxygens (including phenoxy) is 2. The summed E-state index contributed by atoms with van der Waals surface area (Å²) in [6.45, 7) is 4.09. The van der Waals surface area contributed by atoms with Crippen LogP contribution in [0.2, 0.25) is 0 Å². The molecule has 0 radical (unpaired) electrons. The van der Waals surface area contributed by atoms with Gasteiger partial charge in [0.2, 0.25) is 0 Å². The van der Waals surface area contributed by atoms with Gasteiger partial charge in [0.15, 0.2) is 11.5 Å². The van der Waals surface area contributed by atoms with E-state index in [4.69, 9.17) is 9.47 Å². The van der Waals surface area contributed by atoms with Gasteiger partial charge >= 0.3 is 5.97 Å². The Morgan fingerprint density at radius 2 is 1.97 bits per heavy atom. The van der Waals surface area contributed by atoms with Crippen molar-refractivity contribution in [3.05, 3.63) is 74.1 Å². The van der Waals surface area contributed by atoms with Crippen LogP contribution in [0, 0.1) is 0 Å². The number of rotatable bonds is 5. The molecule has 0 spiro atoms. The highest BCUT2D eigenvalue weighted by Crippen LogP contribution is 2.41. The fraction of sp³-hybridized carbons (Fsp3) is 0.280. The van der Waals surface area contributed by atoms with Gasteiger partial charge in [-0.25, -0.2) is 4.79 Å². The van der Waals surface area contributed by atoms with Crippen molar-refractivity contribution in [3.8, 4) is 11.5 Å². The van der Waals surface area contributed by atoms with Crippen molar-refractivity contribution in [1.82, 2.24) is 10.2 Å². The third-order valence-electron chi connectivity index (χ3n) is 5.91. The maximum atomic E-state index is 13.0. The average Bonchev–Trinajstić information content (AvgIpc) is 3.18. The third-order valence-corrected chi connectivity index (χ3v) is 7.59. The smallest absolute Gasteiger partial charge is 0.343 e. The number of carbonyl (C=O) groups excluding carboxylic acids is 2. The van der Waals surface area contributed by atoms with Crippen LogP contribution in [0.5, 0.6) is 11.5 Å². The number of hydrogen-bond donors (Lipinski definition) is 2. The van der Waals surface area contributed by atoms with Gasteiger partial charge in [0.05, 0.1) is 17.7 Å². The Bertz CT molecular complexity index is 1260. The van der Waals surface area contributed by atoms with Crippen molar-refractivity contribution in [2.75, 3.05) is 25.5 Å². The van der Waals surface area contributed by atoms with Crippen molar-refractivity contribution >= 4 is 44.1 Å². The predicted octanol–water partition coefficient (Wildman–Crippen LogP) is 4.97. The quantitative estimate of drug-likeness (QED) is 0.350. The summed E-state index contributed by atoms with van der Waals surface area (Å²) in [5.41, 5.74) is 3.19. The number of amides is 1. The van der Waals surface area contributed by atoms with E-state index in [2.05, 4.69) is 38.5 Å². The normalized spacial score (nSPS) is 17.3. The molecule has 2 N–H and O–H groups in total. The lowest BCUT2D eigenvalue weighted by molar-refractivity contribution is 0.0728. The predicted molar refractivity (Wildman–Crippen MR) is 135 cm³/mol. The van der Waals surface area contributed by atoms with Gasteiger partial charge in [-0.1, -0.05) is 22.0 Å². The number of nitrogens with one attached hydrogen (secondary N) is 2. The number of hydrogen-bond acceptors (Lipinski definition) is 7. The van der Waals surface area contributed by atoms with E-state index in [1.54, 1.807) is 47.7 Å². The molecule has 34 heavy (non-hydrogen) atoms. The van der Waals surface area contributed by atoms with Crippen molar-refractivity contribution in [3.63, 3.8) is 0 Å². The Labute approximate surface area is 210 Å². The summed E-state index contributed by atoms with van der Waals surface area (Å²) < 4.78 is 12.3. The van der Waals surface area contributed by atoms with Gasteiger partial charge in [-0.15, -0.1) is 11.3 Å². The van der Waals surface area contributed by atoms with Gasteiger partial charge in [-0.05, 0) is 67.9 Å². The van der Waals surface area contributed by atoms with Crippen molar-refractivity contribution < 1.29 is 19.1 Å². The summed E-state index contributed by atoms with van der Waals surface area (Å²) >= 11 is 5.01. The molecule has 3 heterocycles. The molecule has 2 aliphatic heterocycles. The molecule has 9 heteroatoms. The molecule has 3 aromatic rings. The SMILES string of the molecule is CCOc1cc([C@H]2NC(=O)c3c(sc4c3CCN(C)C4)N2)ccc1OC(=O)c1ccc(Br)cc1. The minimum absolute atomic E-state index is 0.0653. The first kappa shape index (κ1) is 22.9. The van der Waals surface area contributed by atoms with Gasteiger partial charge in [0, 0.05) is 22.4 Å². The second-order valence-corrected chi connectivity index (χ2v) is 10.3. The number of benzene rings is 2. The molecule has 0 aliphatic carbocycles. The lowest BCUT2D eigenvalue weighted by Gasteiger charge is -2.27. The van der Waals surface area contributed by atoms with Gasteiger partial charge in [-0.2, -0.15) is 0 Å². The molecule has 7 nitrogen and oxygen atoms in total. The molecule has 5 rings (SSSR count). The van der Waals surface area contributed by atoms with E-state index in [-0.39, 0.29) is 5.91 Å². The monoisotopic (exact) mass is 541 g/mol. The van der Waals surface area contributed by atoms with E-state index in [0.717, 1.165) is 45.7 Å². The fourth-order valence-electron chi connectivity index (χ4n) is 4.21. The first-order valence-corrected chi connectivity index (χ1v) is 12.7. The highest BCUT2D eigenvalue weighted by Gasteiger charge is 2.33. The maximum Gasteiger partial charge on any atom is 0.343 e. The number of likely N-dealkylation sites (N-methyl/N-ethyl adjacent to an activating group) is 1. The summed E-state index contributed by atoms with van der Waals surface area (Å²) in [6, 6.07) is 12.3. The number of fused-ring (bicyclic) bond motifs is 3. The Hall–Kier alpha value is -2.88. The first-order chi connectivity index (χ1) is 16.4. The highest BCUT2D eigenvalue weighted by molar-refractivity contribution is 9.10. The Kier molecular flexibility index (Phi) is 6.33. The number of carbonyl (C=O) groups is 2. The largest absolute Gasteiger partial charge is 0.490 e. The van der Waals surface area contributed by atoms with Crippen LogP contribution in [-0.2, 0) is 13.0 Å². The number of nitrogens with zero attached hydrogens (tertiary/aromatic N) is 1. The van der Waals surface area contributed by atoms with Crippen molar-refractivity contribution in [2.24, 2.45) is 0 Å². The third kappa shape index (κ3) is 4.43. The molecule has 176 valence electrons. The molecule has 0 fully saturated rings. The zero-order chi connectivity index (χ0) is 23.8. The van der Waals surface area contributed by atoms with E-state index in [1.165, 1.54) is 4.88 Å². The molecule has 0 bridgehead atoms. The van der Waals surface area contributed by atoms with Gasteiger partial charge in [-0.3, -0.25) is 4.79 Å². The second-order valence-electron chi connectivity index (χ2n) is 8.28. The van der Waals surface area contributed by atoms with E-state index >= 15 is 0 Å². The van der Waals surface area contributed by atoms with Gasteiger partial charge < -0.3 is 25.0 Å². The molecule has 1 aromatic heterocycles. The Morgan fingerprint density at radius 1 is 1.18 bits per heavy atom. The van der Waals surface area contributed by atoms with Crippen LogP contribution in [-0.4, -0.2) is 37.0 Å². The van der Waals surface area contributed by atoms with Crippen LogP contribution < -0.4 is 20.1 Å². The highest BCUT2D eigenvalue weighted by atomic mass is 79.9. The zero-order valence-corrected chi connectivity index (χ0v) is 21.2. The number of anilines is 1. The summed E-state index contributed by atoms with van der Waals surface area (Å²) in [5.74, 6) is 0.240. The number of halogens is 1. The Morgan fingerprint density at radius 3 is 2.74 bits per heavy atom. The zero-order valence-electron chi connectivity index (χ0n) is 18.8. The minimum atomic E-state index is -0.468. The standard InChI is InChI=1S/C25H24BrN3O4S/c1-3-32-19-12-15(6-9-18(19)33-25(31)14-4-7-16(26)8-5-14)22-27-23(30)21-17-10-11-29(2)13-20(17)34-24(21)28-22/h4-9,12,22,28H,3,10-11,13H2,1-2H3,(H,27,30)/t22-/m0/s1.